The molecule has 1 aromatic carbocycles. The van der Waals surface area contributed by atoms with Crippen molar-refractivity contribution in [2.45, 2.75) is 12.3 Å². The van der Waals surface area contributed by atoms with Crippen LogP contribution in [0.5, 0.6) is 0 Å². The SMILES string of the molecule is O=C(O)CC(C[N+](=O)[O-])c1ccccc1F. The van der Waals surface area contributed by atoms with E-state index in [0.717, 1.165) is 6.07 Å². The molecular formula is C10H10FNO4. The van der Waals surface area contributed by atoms with Crippen LogP contribution >= 0.6 is 0 Å². The van der Waals surface area contributed by atoms with Crippen LogP contribution in [-0.4, -0.2) is 22.5 Å². The van der Waals surface area contributed by atoms with Gasteiger partial charge in [0.2, 0.25) is 6.54 Å². The maximum absolute atomic E-state index is 13.3. The van der Waals surface area contributed by atoms with Crippen molar-refractivity contribution in [1.82, 2.24) is 0 Å². The Kier molecular flexibility index (Phi) is 3.93. The quantitative estimate of drug-likeness (QED) is 0.612. The van der Waals surface area contributed by atoms with Gasteiger partial charge in [-0.1, -0.05) is 18.2 Å². The summed E-state index contributed by atoms with van der Waals surface area (Å²) >= 11 is 0. The van der Waals surface area contributed by atoms with Gasteiger partial charge in [-0.3, -0.25) is 14.9 Å². The predicted molar refractivity (Wildman–Crippen MR) is 53.3 cm³/mol. The fourth-order valence-electron chi connectivity index (χ4n) is 1.47. The Balaban J connectivity index is 2.96. The number of halogens is 1. The third-order valence-electron chi connectivity index (χ3n) is 2.14. The number of nitro groups is 1. The average molecular weight is 227 g/mol. The third kappa shape index (κ3) is 3.30. The van der Waals surface area contributed by atoms with Crippen molar-refractivity contribution in [3.8, 4) is 0 Å². The molecule has 86 valence electrons. The van der Waals surface area contributed by atoms with Crippen molar-refractivity contribution in [2.24, 2.45) is 0 Å². The molecule has 0 amide bonds. The van der Waals surface area contributed by atoms with Crippen molar-refractivity contribution < 1.29 is 19.2 Å². The van der Waals surface area contributed by atoms with Crippen LogP contribution in [0.25, 0.3) is 0 Å². The molecule has 0 heterocycles. The highest BCUT2D eigenvalue weighted by Gasteiger charge is 2.23. The Morgan fingerprint density at radius 2 is 2.12 bits per heavy atom. The predicted octanol–water partition coefficient (Wildman–Crippen LogP) is 1.66. The van der Waals surface area contributed by atoms with E-state index in [1.54, 1.807) is 0 Å². The monoisotopic (exact) mass is 227 g/mol. The van der Waals surface area contributed by atoms with E-state index >= 15 is 0 Å². The minimum absolute atomic E-state index is 0.0709. The second-order valence-electron chi connectivity index (χ2n) is 3.33. The molecule has 0 aliphatic heterocycles. The standard InChI is InChI=1S/C10H10FNO4/c11-9-4-2-1-3-8(9)7(5-10(13)14)6-12(15)16/h1-4,7H,5-6H2,(H,13,14). The molecule has 6 heteroatoms. The highest BCUT2D eigenvalue weighted by atomic mass is 19.1. The fourth-order valence-corrected chi connectivity index (χ4v) is 1.47. The topological polar surface area (TPSA) is 80.4 Å². The fraction of sp³-hybridized carbons (Fsp3) is 0.300. The molecule has 1 unspecified atom stereocenters. The van der Waals surface area contributed by atoms with E-state index in [2.05, 4.69) is 0 Å². The minimum Gasteiger partial charge on any atom is -0.481 e. The summed E-state index contributed by atoms with van der Waals surface area (Å²) < 4.78 is 13.3. The van der Waals surface area contributed by atoms with E-state index in [1.807, 2.05) is 0 Å². The lowest BCUT2D eigenvalue weighted by Crippen LogP contribution is -2.17. The van der Waals surface area contributed by atoms with E-state index < -0.39 is 35.6 Å². The number of nitrogens with zero attached hydrogens (tertiary/aromatic N) is 1. The zero-order valence-corrected chi connectivity index (χ0v) is 8.30. The highest BCUT2D eigenvalue weighted by Crippen LogP contribution is 2.22. The Morgan fingerprint density at radius 3 is 2.62 bits per heavy atom. The molecule has 0 radical (unpaired) electrons. The lowest BCUT2D eigenvalue weighted by Gasteiger charge is -2.11. The van der Waals surface area contributed by atoms with Gasteiger partial charge >= 0.3 is 5.97 Å². The van der Waals surface area contributed by atoms with Gasteiger partial charge in [0.15, 0.2) is 0 Å². The first-order valence-electron chi connectivity index (χ1n) is 4.58. The third-order valence-corrected chi connectivity index (χ3v) is 2.14. The van der Waals surface area contributed by atoms with E-state index in [9.17, 15) is 19.3 Å². The number of rotatable bonds is 5. The maximum Gasteiger partial charge on any atom is 0.304 e. The van der Waals surface area contributed by atoms with Crippen molar-refractivity contribution in [3.63, 3.8) is 0 Å². The lowest BCUT2D eigenvalue weighted by molar-refractivity contribution is -0.483. The summed E-state index contributed by atoms with van der Waals surface area (Å²) in [5, 5.41) is 19.0. The molecule has 0 aliphatic rings. The Labute approximate surface area is 90.7 Å². The van der Waals surface area contributed by atoms with Gasteiger partial charge in [-0.05, 0) is 11.6 Å². The number of carbonyl (C=O) groups is 1. The van der Waals surface area contributed by atoms with Gasteiger partial charge in [0.25, 0.3) is 0 Å². The summed E-state index contributed by atoms with van der Waals surface area (Å²) in [5.41, 5.74) is 0.0709. The minimum atomic E-state index is -1.19. The first-order valence-corrected chi connectivity index (χ1v) is 4.58. The maximum atomic E-state index is 13.3. The molecular weight excluding hydrogens is 217 g/mol. The Morgan fingerprint density at radius 1 is 1.50 bits per heavy atom. The van der Waals surface area contributed by atoms with E-state index in [-0.39, 0.29) is 5.56 Å². The molecule has 0 spiro atoms. The van der Waals surface area contributed by atoms with Crippen LogP contribution < -0.4 is 0 Å². The first kappa shape index (κ1) is 12.1. The zero-order valence-electron chi connectivity index (χ0n) is 8.30. The number of carboxylic acid groups (broad SMARTS) is 1. The molecule has 0 saturated heterocycles. The summed E-state index contributed by atoms with van der Waals surface area (Å²) in [6, 6.07) is 5.49. The van der Waals surface area contributed by atoms with Gasteiger partial charge in [-0.25, -0.2) is 4.39 Å². The lowest BCUT2D eigenvalue weighted by atomic mass is 9.95. The number of aliphatic carboxylic acids is 1. The molecule has 16 heavy (non-hydrogen) atoms. The zero-order chi connectivity index (χ0) is 12.1. The van der Waals surface area contributed by atoms with Crippen LogP contribution in [0.1, 0.15) is 17.9 Å². The molecule has 0 aliphatic carbocycles. The smallest absolute Gasteiger partial charge is 0.304 e. The van der Waals surface area contributed by atoms with Crippen LogP contribution in [0, 0.1) is 15.9 Å². The van der Waals surface area contributed by atoms with Gasteiger partial charge in [0.1, 0.15) is 5.82 Å². The van der Waals surface area contributed by atoms with Gasteiger partial charge in [-0.2, -0.15) is 0 Å². The molecule has 0 saturated carbocycles. The van der Waals surface area contributed by atoms with Crippen molar-refractivity contribution in [3.05, 3.63) is 45.8 Å². The van der Waals surface area contributed by atoms with Crippen LogP contribution in [-0.2, 0) is 4.79 Å². The summed E-state index contributed by atoms with van der Waals surface area (Å²) in [5.74, 6) is -2.74. The molecule has 5 nitrogen and oxygen atoms in total. The average Bonchev–Trinajstić information content (AvgIpc) is 2.15. The van der Waals surface area contributed by atoms with E-state index in [1.165, 1.54) is 18.2 Å². The summed E-state index contributed by atoms with van der Waals surface area (Å²) in [4.78, 5) is 20.3. The molecule has 0 fully saturated rings. The number of hydrogen-bond donors (Lipinski definition) is 1. The Hall–Kier alpha value is -1.98. The number of carboxylic acids is 1. The number of benzene rings is 1. The van der Waals surface area contributed by atoms with Crippen molar-refractivity contribution in [1.29, 1.82) is 0 Å². The molecule has 1 rings (SSSR count). The molecule has 1 aromatic rings. The van der Waals surface area contributed by atoms with E-state index in [4.69, 9.17) is 5.11 Å². The second-order valence-corrected chi connectivity index (χ2v) is 3.33. The highest BCUT2D eigenvalue weighted by molar-refractivity contribution is 5.68. The van der Waals surface area contributed by atoms with Gasteiger partial charge in [0.05, 0.1) is 12.3 Å². The Bertz CT molecular complexity index is 392. The van der Waals surface area contributed by atoms with E-state index in [0.29, 0.717) is 0 Å². The normalized spacial score (nSPS) is 12.1. The molecule has 1 N–H and O–H groups in total. The van der Waals surface area contributed by atoms with Gasteiger partial charge in [-0.15, -0.1) is 0 Å². The van der Waals surface area contributed by atoms with Crippen molar-refractivity contribution >= 4 is 5.97 Å². The molecule has 0 bridgehead atoms. The van der Waals surface area contributed by atoms with Crippen LogP contribution in [0.4, 0.5) is 4.39 Å². The van der Waals surface area contributed by atoms with Crippen LogP contribution in [0.3, 0.4) is 0 Å². The van der Waals surface area contributed by atoms with Crippen LogP contribution in [0.15, 0.2) is 24.3 Å². The number of hydrogen-bond acceptors (Lipinski definition) is 3. The summed E-state index contributed by atoms with van der Waals surface area (Å²) in [7, 11) is 0. The van der Waals surface area contributed by atoms with Crippen molar-refractivity contribution in [2.75, 3.05) is 6.54 Å². The molecule has 0 aromatic heterocycles. The summed E-state index contributed by atoms with van der Waals surface area (Å²) in [6.07, 6.45) is -0.456. The van der Waals surface area contributed by atoms with Gasteiger partial charge < -0.3 is 5.11 Å². The van der Waals surface area contributed by atoms with Crippen LogP contribution in [0.2, 0.25) is 0 Å². The second kappa shape index (κ2) is 5.20. The molecule has 1 atom stereocenters. The largest absolute Gasteiger partial charge is 0.481 e. The first-order chi connectivity index (χ1) is 7.50. The van der Waals surface area contributed by atoms with Gasteiger partial charge in [0, 0.05) is 4.92 Å². The summed E-state index contributed by atoms with van der Waals surface area (Å²) in [6.45, 7) is -0.590.